The second-order valence-electron chi connectivity index (χ2n) is 2.73. The van der Waals surface area contributed by atoms with E-state index in [4.69, 9.17) is 16.7 Å². The number of aliphatic hydroxyl groups excluding tert-OH is 1. The van der Waals surface area contributed by atoms with Crippen LogP contribution < -0.4 is 0 Å². The predicted molar refractivity (Wildman–Crippen MR) is 68.3 cm³/mol. The fourth-order valence-electron chi connectivity index (χ4n) is 0.846. The highest BCUT2D eigenvalue weighted by atomic mass is 35.5. The van der Waals surface area contributed by atoms with Crippen LogP contribution in [0.25, 0.3) is 0 Å². The van der Waals surface area contributed by atoms with Gasteiger partial charge in [0.2, 0.25) is 0 Å². The van der Waals surface area contributed by atoms with Crippen LogP contribution in [0.2, 0.25) is 0 Å². The molecule has 1 atom stereocenters. The Morgan fingerprint density at radius 1 is 1.31 bits per heavy atom. The molecule has 80 valence electrons. The zero-order valence-corrected chi connectivity index (χ0v) is 10.2. The fourth-order valence-corrected chi connectivity index (χ4v) is 1.69. The van der Waals surface area contributed by atoms with Crippen molar-refractivity contribution in [2.45, 2.75) is 13.0 Å². The number of hydrogen-bond donors (Lipinski definition) is 1. The molecule has 0 aliphatic rings. The maximum atomic E-state index is 9.04. The summed E-state index contributed by atoms with van der Waals surface area (Å²) in [5, 5.41) is 9.04. The van der Waals surface area contributed by atoms with Crippen molar-refractivity contribution in [2.24, 2.45) is 0 Å². The summed E-state index contributed by atoms with van der Waals surface area (Å²) < 4.78 is 0. The predicted octanol–water partition coefficient (Wildman–Crippen LogP) is 2.07. The third-order valence-corrected chi connectivity index (χ3v) is 2.70. The Morgan fingerprint density at radius 2 is 2.00 bits per heavy atom. The van der Waals surface area contributed by atoms with Crippen molar-refractivity contribution < 1.29 is 5.11 Å². The Kier molecular flexibility index (Phi) is 5.55. The second-order valence-corrected chi connectivity index (χ2v) is 4.12. The van der Waals surface area contributed by atoms with Crippen molar-refractivity contribution in [3.63, 3.8) is 0 Å². The Hall–Kier alpha value is -1.37. The van der Waals surface area contributed by atoms with Crippen LogP contribution in [0.4, 0.5) is 0 Å². The maximum Gasteiger partial charge on any atom is 0.129 e. The number of rotatable bonds is 1. The minimum absolute atomic E-state index is 0.101. The molecule has 1 rings (SSSR count). The average Bonchev–Trinajstić information content (AvgIpc) is 2.72. The SMILES string of the molecule is CC#Cc1ccc(C#CC#C[C@@H](O)CCl)s1. The Balaban J connectivity index is 2.67. The van der Waals surface area contributed by atoms with E-state index in [1.54, 1.807) is 6.92 Å². The van der Waals surface area contributed by atoms with Crippen molar-refractivity contribution in [1.82, 2.24) is 0 Å². The van der Waals surface area contributed by atoms with Gasteiger partial charge in [-0.1, -0.05) is 11.8 Å². The molecule has 0 bridgehead atoms. The van der Waals surface area contributed by atoms with Gasteiger partial charge >= 0.3 is 0 Å². The van der Waals surface area contributed by atoms with Gasteiger partial charge in [-0.15, -0.1) is 28.9 Å². The van der Waals surface area contributed by atoms with E-state index in [1.165, 1.54) is 11.3 Å². The van der Waals surface area contributed by atoms with Crippen LogP contribution in [0.5, 0.6) is 0 Å². The summed E-state index contributed by atoms with van der Waals surface area (Å²) in [6, 6.07) is 3.82. The van der Waals surface area contributed by atoms with Gasteiger partial charge in [-0.2, -0.15) is 0 Å². The molecule has 1 heterocycles. The van der Waals surface area contributed by atoms with E-state index in [0.29, 0.717) is 0 Å². The molecule has 1 N–H and O–H groups in total. The van der Waals surface area contributed by atoms with E-state index in [1.807, 2.05) is 12.1 Å². The molecule has 0 aliphatic heterocycles. The summed E-state index contributed by atoms with van der Waals surface area (Å²) >= 11 is 6.89. The first kappa shape index (κ1) is 12.7. The van der Waals surface area contributed by atoms with Crippen molar-refractivity contribution in [3.8, 4) is 35.5 Å². The van der Waals surface area contributed by atoms with Gasteiger partial charge in [0.15, 0.2) is 0 Å². The van der Waals surface area contributed by atoms with Gasteiger partial charge in [-0.3, -0.25) is 0 Å². The van der Waals surface area contributed by atoms with Crippen LogP contribution in [0, 0.1) is 35.5 Å². The van der Waals surface area contributed by atoms with Gasteiger partial charge < -0.3 is 5.11 Å². The Bertz CT molecular complexity index is 525. The first-order valence-electron chi connectivity index (χ1n) is 4.54. The Labute approximate surface area is 104 Å². The summed E-state index contributed by atoms with van der Waals surface area (Å²) in [6.45, 7) is 1.80. The zero-order chi connectivity index (χ0) is 11.8. The Morgan fingerprint density at radius 3 is 2.62 bits per heavy atom. The fraction of sp³-hybridized carbons (Fsp3) is 0.231. The molecule has 0 aliphatic carbocycles. The average molecular weight is 249 g/mol. The molecule has 0 unspecified atom stereocenters. The summed E-state index contributed by atoms with van der Waals surface area (Å²) in [5.41, 5.74) is 0. The molecule has 0 aromatic carbocycles. The molecule has 1 aromatic rings. The van der Waals surface area contributed by atoms with Gasteiger partial charge in [0.1, 0.15) is 6.10 Å². The van der Waals surface area contributed by atoms with Crippen LogP contribution in [0.1, 0.15) is 16.7 Å². The highest BCUT2D eigenvalue weighted by molar-refractivity contribution is 7.13. The molecule has 1 nitrogen and oxygen atoms in total. The van der Waals surface area contributed by atoms with Gasteiger partial charge in [0.05, 0.1) is 15.6 Å². The van der Waals surface area contributed by atoms with Crippen LogP contribution in [0.3, 0.4) is 0 Å². The van der Waals surface area contributed by atoms with Gasteiger partial charge in [0, 0.05) is 0 Å². The standard InChI is InChI=1S/C13H9ClOS/c1-2-5-12-8-9-13(16-12)7-4-3-6-11(15)10-14/h8-9,11,15H,10H2,1H3/t11-/m1/s1. The molecule has 0 radical (unpaired) electrons. The van der Waals surface area contributed by atoms with Gasteiger partial charge in [-0.05, 0) is 36.8 Å². The monoisotopic (exact) mass is 248 g/mol. The number of hydrogen-bond acceptors (Lipinski definition) is 2. The molecular formula is C13H9ClOS. The van der Waals surface area contributed by atoms with E-state index >= 15 is 0 Å². The molecule has 0 saturated heterocycles. The van der Waals surface area contributed by atoms with Gasteiger partial charge in [0.25, 0.3) is 0 Å². The number of thiophene rings is 1. The van der Waals surface area contributed by atoms with Crippen LogP contribution in [0.15, 0.2) is 12.1 Å². The van der Waals surface area contributed by atoms with E-state index in [-0.39, 0.29) is 5.88 Å². The molecular weight excluding hydrogens is 240 g/mol. The van der Waals surface area contributed by atoms with E-state index in [9.17, 15) is 0 Å². The molecule has 0 amide bonds. The maximum absolute atomic E-state index is 9.04. The minimum Gasteiger partial charge on any atom is -0.379 e. The lowest BCUT2D eigenvalue weighted by Crippen LogP contribution is -2.02. The van der Waals surface area contributed by atoms with Gasteiger partial charge in [-0.25, -0.2) is 0 Å². The first-order chi connectivity index (χ1) is 7.76. The normalized spacial score (nSPS) is 9.94. The largest absolute Gasteiger partial charge is 0.379 e. The van der Waals surface area contributed by atoms with Crippen LogP contribution in [-0.2, 0) is 0 Å². The summed E-state index contributed by atoms with van der Waals surface area (Å²) in [4.78, 5) is 1.90. The molecule has 1 aromatic heterocycles. The lowest BCUT2D eigenvalue weighted by atomic mass is 10.4. The lowest BCUT2D eigenvalue weighted by molar-refractivity contribution is 0.256. The number of aliphatic hydroxyl groups is 1. The lowest BCUT2D eigenvalue weighted by Gasteiger charge is -1.89. The topological polar surface area (TPSA) is 20.2 Å². The molecule has 16 heavy (non-hydrogen) atoms. The highest BCUT2D eigenvalue weighted by Crippen LogP contribution is 2.13. The van der Waals surface area contributed by atoms with Crippen LogP contribution in [-0.4, -0.2) is 17.1 Å². The number of halogens is 1. The van der Waals surface area contributed by atoms with Crippen molar-refractivity contribution in [1.29, 1.82) is 0 Å². The molecule has 0 saturated carbocycles. The van der Waals surface area contributed by atoms with Crippen molar-refractivity contribution in [2.75, 3.05) is 5.88 Å². The highest BCUT2D eigenvalue weighted by Gasteiger charge is 1.93. The van der Waals surface area contributed by atoms with E-state index in [0.717, 1.165) is 9.75 Å². The third-order valence-electron chi connectivity index (χ3n) is 1.49. The third kappa shape index (κ3) is 4.43. The van der Waals surface area contributed by atoms with Crippen LogP contribution >= 0.6 is 22.9 Å². The molecule has 3 heteroatoms. The van der Waals surface area contributed by atoms with Crippen molar-refractivity contribution >= 4 is 22.9 Å². The number of alkyl halides is 1. The smallest absolute Gasteiger partial charge is 0.129 e. The van der Waals surface area contributed by atoms with E-state index in [2.05, 4.69) is 35.5 Å². The summed E-state index contributed by atoms with van der Waals surface area (Å²) in [7, 11) is 0. The second kappa shape index (κ2) is 7.00. The minimum atomic E-state index is -0.805. The summed E-state index contributed by atoms with van der Waals surface area (Å²) in [6.07, 6.45) is -0.805. The first-order valence-corrected chi connectivity index (χ1v) is 5.89. The zero-order valence-electron chi connectivity index (χ0n) is 8.67. The van der Waals surface area contributed by atoms with Crippen molar-refractivity contribution in [3.05, 3.63) is 21.9 Å². The quantitative estimate of drug-likeness (QED) is 0.596. The molecule has 0 spiro atoms. The summed E-state index contributed by atoms with van der Waals surface area (Å²) in [5.74, 6) is 16.5. The molecule has 0 fully saturated rings. The van der Waals surface area contributed by atoms with E-state index < -0.39 is 6.10 Å².